The van der Waals surface area contributed by atoms with Crippen LogP contribution in [0, 0.1) is 6.92 Å². The lowest BCUT2D eigenvalue weighted by Crippen LogP contribution is -2.33. The average Bonchev–Trinajstić information content (AvgIpc) is 2.51. The van der Waals surface area contributed by atoms with Crippen LogP contribution in [0.4, 0.5) is 0 Å². The highest BCUT2D eigenvalue weighted by atomic mass is 32.2. The Morgan fingerprint density at radius 3 is 2.25 bits per heavy atom. The van der Waals surface area contributed by atoms with Crippen LogP contribution in [0.25, 0.3) is 0 Å². The molecule has 0 spiro atoms. The summed E-state index contributed by atoms with van der Waals surface area (Å²) in [5.74, 6) is 0. The Kier molecular flexibility index (Phi) is 4.41. The van der Waals surface area contributed by atoms with Crippen LogP contribution in [-0.4, -0.2) is 19.7 Å². The molecule has 0 aromatic heterocycles. The molecule has 104 valence electrons. The van der Waals surface area contributed by atoms with E-state index in [-0.39, 0.29) is 6.10 Å². The van der Waals surface area contributed by atoms with Gasteiger partial charge in [-0.15, -0.1) is 0 Å². The molecule has 1 aliphatic heterocycles. The van der Waals surface area contributed by atoms with Crippen molar-refractivity contribution in [1.29, 1.82) is 0 Å². The fraction of sp³-hybridized carbons (Fsp3) is 0.294. The summed E-state index contributed by atoms with van der Waals surface area (Å²) in [6.07, 6.45) is 0.196. The van der Waals surface area contributed by atoms with E-state index >= 15 is 0 Å². The van der Waals surface area contributed by atoms with Crippen molar-refractivity contribution >= 4 is 11.8 Å². The molecule has 0 bridgehead atoms. The van der Waals surface area contributed by atoms with E-state index in [4.69, 9.17) is 4.74 Å². The fourth-order valence-electron chi connectivity index (χ4n) is 2.27. The topological polar surface area (TPSA) is 21.3 Å². The monoisotopic (exact) mass is 285 g/mol. The molecule has 0 aliphatic carbocycles. The zero-order chi connectivity index (χ0) is 13.8. The number of ether oxygens (including phenoxy) is 1. The summed E-state index contributed by atoms with van der Waals surface area (Å²) in [6.45, 7) is 4.77. The first kappa shape index (κ1) is 13.7. The number of hydrogen-bond donors (Lipinski definition) is 1. The molecule has 1 fully saturated rings. The fourth-order valence-corrected chi connectivity index (χ4v) is 3.09. The molecule has 1 heterocycles. The van der Waals surface area contributed by atoms with Gasteiger partial charge < -0.3 is 10.1 Å². The predicted octanol–water partition coefficient (Wildman–Crippen LogP) is 3.81. The lowest BCUT2D eigenvalue weighted by Gasteiger charge is -2.24. The van der Waals surface area contributed by atoms with E-state index in [9.17, 15) is 0 Å². The average molecular weight is 285 g/mol. The van der Waals surface area contributed by atoms with Crippen molar-refractivity contribution in [3.63, 3.8) is 0 Å². The Morgan fingerprint density at radius 1 is 1.00 bits per heavy atom. The summed E-state index contributed by atoms with van der Waals surface area (Å²) in [5.41, 5.74) is 2.55. The van der Waals surface area contributed by atoms with Gasteiger partial charge in [0.1, 0.15) is 0 Å². The molecule has 2 nitrogen and oxygen atoms in total. The number of morpholine rings is 1. The smallest absolute Gasteiger partial charge is 0.0949 e. The molecule has 1 unspecified atom stereocenters. The van der Waals surface area contributed by atoms with Gasteiger partial charge in [-0.2, -0.15) is 0 Å². The van der Waals surface area contributed by atoms with E-state index in [1.54, 1.807) is 11.8 Å². The van der Waals surface area contributed by atoms with Gasteiger partial charge in [0, 0.05) is 22.9 Å². The Hall–Kier alpha value is -1.29. The molecule has 3 rings (SSSR count). The van der Waals surface area contributed by atoms with E-state index in [0.717, 1.165) is 19.7 Å². The Labute approximate surface area is 124 Å². The lowest BCUT2D eigenvalue weighted by atomic mass is 10.1. The van der Waals surface area contributed by atoms with Crippen LogP contribution in [0.15, 0.2) is 58.3 Å². The standard InChI is InChI=1S/C17H19NOS/c1-13-2-6-15(7-3-13)20-16-8-4-14(5-9-16)17-12-18-10-11-19-17/h2-9,17-18H,10-12H2,1H3. The Balaban J connectivity index is 1.67. The predicted molar refractivity (Wildman–Crippen MR) is 83.3 cm³/mol. The minimum atomic E-state index is 0.196. The minimum absolute atomic E-state index is 0.196. The third kappa shape index (κ3) is 3.42. The van der Waals surface area contributed by atoms with E-state index in [2.05, 4.69) is 60.8 Å². The largest absolute Gasteiger partial charge is 0.371 e. The maximum atomic E-state index is 5.77. The van der Waals surface area contributed by atoms with Gasteiger partial charge in [0.05, 0.1) is 12.7 Å². The van der Waals surface area contributed by atoms with E-state index in [1.165, 1.54) is 20.9 Å². The maximum Gasteiger partial charge on any atom is 0.0949 e. The third-order valence-corrected chi connectivity index (χ3v) is 4.45. The van der Waals surface area contributed by atoms with Gasteiger partial charge in [-0.25, -0.2) is 0 Å². The second kappa shape index (κ2) is 6.44. The first-order valence-corrected chi connectivity index (χ1v) is 7.80. The molecule has 1 aliphatic rings. The van der Waals surface area contributed by atoms with E-state index < -0.39 is 0 Å². The van der Waals surface area contributed by atoms with Crippen molar-refractivity contribution in [2.24, 2.45) is 0 Å². The number of rotatable bonds is 3. The zero-order valence-corrected chi connectivity index (χ0v) is 12.5. The number of hydrogen-bond acceptors (Lipinski definition) is 3. The highest BCUT2D eigenvalue weighted by Gasteiger charge is 2.15. The Morgan fingerprint density at radius 2 is 1.65 bits per heavy atom. The molecule has 0 amide bonds. The number of aryl methyl sites for hydroxylation is 1. The van der Waals surface area contributed by atoms with Crippen LogP contribution < -0.4 is 5.32 Å². The van der Waals surface area contributed by atoms with Crippen LogP contribution in [0.1, 0.15) is 17.2 Å². The summed E-state index contributed by atoms with van der Waals surface area (Å²) in [4.78, 5) is 2.54. The molecular weight excluding hydrogens is 266 g/mol. The first-order chi connectivity index (χ1) is 9.81. The summed E-state index contributed by atoms with van der Waals surface area (Å²) in [7, 11) is 0. The van der Waals surface area contributed by atoms with Crippen molar-refractivity contribution in [1.82, 2.24) is 5.32 Å². The maximum absolute atomic E-state index is 5.77. The lowest BCUT2D eigenvalue weighted by molar-refractivity contribution is 0.0277. The van der Waals surface area contributed by atoms with Gasteiger partial charge in [-0.05, 0) is 36.8 Å². The van der Waals surface area contributed by atoms with Gasteiger partial charge in [-0.3, -0.25) is 0 Å². The molecule has 1 N–H and O–H groups in total. The van der Waals surface area contributed by atoms with Gasteiger partial charge in [0.25, 0.3) is 0 Å². The summed E-state index contributed by atoms with van der Waals surface area (Å²) >= 11 is 1.80. The van der Waals surface area contributed by atoms with Gasteiger partial charge in [0.15, 0.2) is 0 Å². The molecule has 20 heavy (non-hydrogen) atoms. The number of benzene rings is 2. The van der Waals surface area contributed by atoms with Crippen LogP contribution in [0.2, 0.25) is 0 Å². The van der Waals surface area contributed by atoms with E-state index in [1.807, 2.05) is 0 Å². The molecule has 0 radical (unpaired) electrons. The summed E-state index contributed by atoms with van der Waals surface area (Å²) in [5, 5.41) is 3.36. The second-order valence-electron chi connectivity index (χ2n) is 5.05. The first-order valence-electron chi connectivity index (χ1n) is 6.98. The summed E-state index contributed by atoms with van der Waals surface area (Å²) < 4.78 is 5.77. The highest BCUT2D eigenvalue weighted by molar-refractivity contribution is 7.99. The van der Waals surface area contributed by atoms with Crippen LogP contribution in [0.5, 0.6) is 0 Å². The SMILES string of the molecule is Cc1ccc(Sc2ccc(C3CNCCO3)cc2)cc1. The van der Waals surface area contributed by atoms with Crippen LogP contribution in [-0.2, 0) is 4.74 Å². The van der Waals surface area contributed by atoms with Crippen molar-refractivity contribution in [3.05, 3.63) is 59.7 Å². The molecule has 2 aromatic carbocycles. The van der Waals surface area contributed by atoms with Gasteiger partial charge in [0.2, 0.25) is 0 Å². The molecule has 0 saturated carbocycles. The zero-order valence-electron chi connectivity index (χ0n) is 11.6. The third-order valence-electron chi connectivity index (χ3n) is 3.44. The van der Waals surface area contributed by atoms with Crippen molar-refractivity contribution in [2.75, 3.05) is 19.7 Å². The summed E-state index contributed by atoms with van der Waals surface area (Å²) in [6, 6.07) is 17.3. The van der Waals surface area contributed by atoms with Crippen molar-refractivity contribution in [3.8, 4) is 0 Å². The molecular formula is C17H19NOS. The molecule has 1 saturated heterocycles. The van der Waals surface area contributed by atoms with Crippen molar-refractivity contribution in [2.45, 2.75) is 22.8 Å². The van der Waals surface area contributed by atoms with Crippen molar-refractivity contribution < 1.29 is 4.74 Å². The van der Waals surface area contributed by atoms with Crippen LogP contribution >= 0.6 is 11.8 Å². The quantitative estimate of drug-likeness (QED) is 0.926. The second-order valence-corrected chi connectivity index (χ2v) is 6.19. The highest BCUT2D eigenvalue weighted by Crippen LogP contribution is 2.29. The minimum Gasteiger partial charge on any atom is -0.371 e. The van der Waals surface area contributed by atoms with Gasteiger partial charge in [-0.1, -0.05) is 41.6 Å². The van der Waals surface area contributed by atoms with E-state index in [0.29, 0.717) is 0 Å². The molecule has 3 heteroatoms. The van der Waals surface area contributed by atoms with Crippen LogP contribution in [0.3, 0.4) is 0 Å². The molecule has 2 aromatic rings. The Bertz CT molecular complexity index is 544. The normalized spacial score (nSPS) is 18.9. The molecule has 1 atom stereocenters. The number of nitrogens with one attached hydrogen (secondary N) is 1. The van der Waals surface area contributed by atoms with Gasteiger partial charge >= 0.3 is 0 Å².